The van der Waals surface area contributed by atoms with E-state index in [1.807, 2.05) is 12.1 Å². The predicted molar refractivity (Wildman–Crippen MR) is 146 cm³/mol. The van der Waals surface area contributed by atoms with Crippen LogP contribution in [0.1, 0.15) is 86.6 Å². The first-order valence-corrected chi connectivity index (χ1v) is 14.9. The Morgan fingerprint density at radius 1 is 0.868 bits per heavy atom. The van der Waals surface area contributed by atoms with Crippen molar-refractivity contribution in [3.8, 4) is 5.75 Å². The van der Waals surface area contributed by atoms with Gasteiger partial charge in [-0.1, -0.05) is 44.6 Å². The zero-order valence-corrected chi connectivity index (χ0v) is 22.8. The average molecular weight is 525 g/mol. The fraction of sp³-hybridized carbons (Fsp3) is 0.700. The molecule has 8 nitrogen and oxygen atoms in total. The molecule has 4 aliphatic rings. The van der Waals surface area contributed by atoms with E-state index < -0.39 is 6.04 Å². The summed E-state index contributed by atoms with van der Waals surface area (Å²) in [5.41, 5.74) is 1.45. The van der Waals surface area contributed by atoms with Crippen LogP contribution in [0.4, 0.5) is 0 Å². The third kappa shape index (κ3) is 6.75. The van der Waals surface area contributed by atoms with Gasteiger partial charge in [0.25, 0.3) is 5.91 Å². The Bertz CT molecular complexity index is 982. The Kier molecular flexibility index (Phi) is 9.33. The first-order chi connectivity index (χ1) is 18.6. The first kappa shape index (κ1) is 27.1. The molecular weight excluding hydrogens is 480 g/mol. The SMILES string of the molecule is O=C1CCC(N2Cc3c(OCCCN4CCN(CCCC5CCCCCC5)CC4)cccc3C2=O)C(=O)N1. The smallest absolute Gasteiger partial charge is 0.255 e. The number of benzene rings is 1. The molecule has 3 heterocycles. The van der Waals surface area contributed by atoms with E-state index in [4.69, 9.17) is 4.74 Å². The predicted octanol–water partition coefficient (Wildman–Crippen LogP) is 3.58. The molecule has 2 saturated heterocycles. The Morgan fingerprint density at radius 2 is 1.58 bits per heavy atom. The minimum Gasteiger partial charge on any atom is -0.493 e. The highest BCUT2D eigenvalue weighted by atomic mass is 16.5. The average Bonchev–Trinajstić information content (AvgIpc) is 3.07. The summed E-state index contributed by atoms with van der Waals surface area (Å²) in [7, 11) is 0. The van der Waals surface area contributed by atoms with Gasteiger partial charge in [0.05, 0.1) is 13.2 Å². The monoisotopic (exact) mass is 524 g/mol. The summed E-state index contributed by atoms with van der Waals surface area (Å²) in [6, 6.07) is 4.95. The zero-order valence-electron chi connectivity index (χ0n) is 22.8. The minimum atomic E-state index is -0.601. The summed E-state index contributed by atoms with van der Waals surface area (Å²) in [5.74, 6) is 0.884. The van der Waals surface area contributed by atoms with Crippen LogP contribution in [0.2, 0.25) is 0 Å². The Labute approximate surface area is 227 Å². The van der Waals surface area contributed by atoms with Crippen LogP contribution >= 0.6 is 0 Å². The molecule has 1 aromatic carbocycles. The number of carbonyl (C=O) groups is 3. The maximum Gasteiger partial charge on any atom is 0.255 e. The van der Waals surface area contributed by atoms with Crippen molar-refractivity contribution in [2.45, 2.75) is 83.2 Å². The number of piperazine rings is 1. The second-order valence-corrected chi connectivity index (χ2v) is 11.6. The molecule has 38 heavy (non-hydrogen) atoms. The van der Waals surface area contributed by atoms with Gasteiger partial charge in [-0.25, -0.2) is 0 Å². The number of carbonyl (C=O) groups excluding carboxylic acids is 3. The van der Waals surface area contributed by atoms with Gasteiger partial charge in [-0.15, -0.1) is 0 Å². The van der Waals surface area contributed by atoms with E-state index in [1.165, 1.54) is 57.9 Å². The molecule has 0 bridgehead atoms. The fourth-order valence-corrected chi connectivity index (χ4v) is 6.66. The lowest BCUT2D eigenvalue weighted by atomic mass is 9.95. The van der Waals surface area contributed by atoms with Crippen molar-refractivity contribution in [1.82, 2.24) is 20.0 Å². The van der Waals surface area contributed by atoms with Crippen LogP contribution in [-0.2, 0) is 16.1 Å². The lowest BCUT2D eigenvalue weighted by Gasteiger charge is -2.35. The highest BCUT2D eigenvalue weighted by Gasteiger charge is 2.40. The van der Waals surface area contributed by atoms with Crippen LogP contribution in [-0.4, -0.2) is 84.3 Å². The third-order valence-electron chi connectivity index (χ3n) is 8.94. The van der Waals surface area contributed by atoms with Crippen LogP contribution in [0.5, 0.6) is 5.75 Å². The molecule has 0 spiro atoms. The Balaban J connectivity index is 1.01. The van der Waals surface area contributed by atoms with Gasteiger partial charge in [0.15, 0.2) is 0 Å². The van der Waals surface area contributed by atoms with Gasteiger partial charge in [0.1, 0.15) is 11.8 Å². The van der Waals surface area contributed by atoms with E-state index in [9.17, 15) is 14.4 Å². The van der Waals surface area contributed by atoms with Crippen molar-refractivity contribution < 1.29 is 19.1 Å². The van der Waals surface area contributed by atoms with Crippen LogP contribution < -0.4 is 10.1 Å². The molecule has 1 unspecified atom stereocenters. The molecule has 3 aliphatic heterocycles. The number of nitrogens with zero attached hydrogens (tertiary/aromatic N) is 3. The third-order valence-corrected chi connectivity index (χ3v) is 8.94. The standard InChI is InChI=1S/C30H44N4O4/c35-28-14-13-26(29(36)31-28)34-22-25-24(30(34)37)11-5-12-27(25)38-21-7-16-33-19-17-32(18-20-33)15-6-10-23-8-3-1-2-4-9-23/h5,11-12,23,26H,1-4,6-10,13-22H2,(H,31,35,36). The van der Waals surface area contributed by atoms with E-state index in [0.717, 1.165) is 56.4 Å². The van der Waals surface area contributed by atoms with E-state index in [2.05, 4.69) is 15.1 Å². The van der Waals surface area contributed by atoms with Gasteiger partial charge >= 0.3 is 0 Å². The highest BCUT2D eigenvalue weighted by molar-refractivity contribution is 6.05. The van der Waals surface area contributed by atoms with Crippen molar-refractivity contribution >= 4 is 17.7 Å². The lowest BCUT2D eigenvalue weighted by Crippen LogP contribution is -2.52. The second kappa shape index (κ2) is 13.1. The maximum absolute atomic E-state index is 13.0. The summed E-state index contributed by atoms with van der Waals surface area (Å²) in [6.07, 6.45) is 13.0. The minimum absolute atomic E-state index is 0.160. The Hall–Kier alpha value is -2.45. The van der Waals surface area contributed by atoms with Crippen molar-refractivity contribution in [3.05, 3.63) is 29.3 Å². The second-order valence-electron chi connectivity index (χ2n) is 11.6. The number of piperidine rings is 1. The number of amides is 3. The molecule has 1 aliphatic carbocycles. The molecular formula is C30H44N4O4. The largest absolute Gasteiger partial charge is 0.493 e. The molecule has 1 atom stereocenters. The summed E-state index contributed by atoms with van der Waals surface area (Å²) < 4.78 is 6.14. The number of rotatable bonds is 10. The molecule has 0 radical (unpaired) electrons. The van der Waals surface area contributed by atoms with E-state index in [-0.39, 0.29) is 24.1 Å². The van der Waals surface area contributed by atoms with Crippen molar-refractivity contribution in [2.24, 2.45) is 5.92 Å². The molecule has 3 fully saturated rings. The number of fused-ring (bicyclic) bond motifs is 1. The number of imide groups is 1. The number of hydrogen-bond acceptors (Lipinski definition) is 6. The lowest BCUT2D eigenvalue weighted by molar-refractivity contribution is -0.136. The highest BCUT2D eigenvalue weighted by Crippen LogP contribution is 2.33. The molecule has 5 rings (SSSR count). The molecule has 1 aromatic rings. The summed E-state index contributed by atoms with van der Waals surface area (Å²) in [6.45, 7) is 7.79. The molecule has 8 heteroatoms. The maximum atomic E-state index is 13.0. The topological polar surface area (TPSA) is 82.2 Å². The van der Waals surface area contributed by atoms with Gasteiger partial charge in [0, 0.05) is 50.3 Å². The summed E-state index contributed by atoms with van der Waals surface area (Å²) in [5, 5.41) is 2.36. The fourth-order valence-electron chi connectivity index (χ4n) is 6.66. The van der Waals surface area contributed by atoms with Gasteiger partial charge in [-0.05, 0) is 50.3 Å². The van der Waals surface area contributed by atoms with E-state index in [1.54, 1.807) is 11.0 Å². The normalized spacial score (nSPS) is 23.8. The number of hydrogen-bond donors (Lipinski definition) is 1. The van der Waals surface area contributed by atoms with Crippen molar-refractivity contribution in [2.75, 3.05) is 45.9 Å². The number of nitrogens with one attached hydrogen (secondary N) is 1. The first-order valence-electron chi connectivity index (χ1n) is 14.9. The number of ether oxygens (including phenoxy) is 1. The van der Waals surface area contributed by atoms with E-state index in [0.29, 0.717) is 25.1 Å². The van der Waals surface area contributed by atoms with Crippen LogP contribution in [0.3, 0.4) is 0 Å². The molecule has 208 valence electrons. The van der Waals surface area contributed by atoms with Gasteiger partial charge in [-0.3, -0.25) is 19.7 Å². The van der Waals surface area contributed by atoms with Crippen LogP contribution in [0.25, 0.3) is 0 Å². The molecule has 1 N–H and O–H groups in total. The summed E-state index contributed by atoms with van der Waals surface area (Å²) in [4.78, 5) is 43.6. The van der Waals surface area contributed by atoms with Crippen LogP contribution in [0, 0.1) is 5.92 Å². The van der Waals surface area contributed by atoms with Crippen LogP contribution in [0.15, 0.2) is 18.2 Å². The molecule has 0 aromatic heterocycles. The van der Waals surface area contributed by atoms with Crippen molar-refractivity contribution in [1.29, 1.82) is 0 Å². The van der Waals surface area contributed by atoms with Gasteiger partial charge < -0.3 is 19.4 Å². The Morgan fingerprint density at radius 3 is 2.29 bits per heavy atom. The van der Waals surface area contributed by atoms with Gasteiger partial charge in [-0.2, -0.15) is 0 Å². The summed E-state index contributed by atoms with van der Waals surface area (Å²) >= 11 is 0. The van der Waals surface area contributed by atoms with E-state index >= 15 is 0 Å². The quantitative estimate of drug-likeness (QED) is 0.286. The molecule has 1 saturated carbocycles. The zero-order chi connectivity index (χ0) is 26.3. The molecule has 3 amide bonds. The van der Waals surface area contributed by atoms with Crippen molar-refractivity contribution in [3.63, 3.8) is 0 Å². The van der Waals surface area contributed by atoms with Gasteiger partial charge in [0.2, 0.25) is 11.8 Å².